The highest BCUT2D eigenvalue weighted by Crippen LogP contribution is 2.41. The Labute approximate surface area is 183 Å². The predicted molar refractivity (Wildman–Crippen MR) is 112 cm³/mol. The minimum absolute atomic E-state index is 0.0191. The monoisotopic (exact) mass is 441 g/mol. The SMILES string of the molecule is O=C(CSc1nnc(-c2ccncc2)n1C1CC1)NN1C(=O)NC2(CCCCC2)C1=O. The molecule has 0 atom stereocenters. The van der Waals surface area contributed by atoms with Crippen molar-refractivity contribution in [2.75, 3.05) is 5.75 Å². The number of pyridine rings is 1. The van der Waals surface area contributed by atoms with Crippen LogP contribution in [0.3, 0.4) is 0 Å². The van der Waals surface area contributed by atoms with E-state index in [1.165, 1.54) is 11.8 Å². The number of nitrogens with zero attached hydrogens (tertiary/aromatic N) is 5. The van der Waals surface area contributed by atoms with E-state index in [4.69, 9.17) is 0 Å². The van der Waals surface area contributed by atoms with Gasteiger partial charge < -0.3 is 5.32 Å². The van der Waals surface area contributed by atoms with Gasteiger partial charge in [-0.05, 0) is 37.8 Å². The van der Waals surface area contributed by atoms with Crippen molar-refractivity contribution in [2.24, 2.45) is 0 Å². The molecule has 3 fully saturated rings. The first-order valence-corrected chi connectivity index (χ1v) is 11.5. The Morgan fingerprint density at radius 3 is 2.61 bits per heavy atom. The Morgan fingerprint density at radius 1 is 1.16 bits per heavy atom. The standard InChI is InChI=1S/C20H23N7O3S/c28-15(25-27-17(29)20(22-18(27)30)8-2-1-3-9-20)12-31-19-24-23-16(26(19)14-4-5-14)13-6-10-21-11-7-13/h6-7,10-11,14H,1-5,8-9,12H2,(H,22,30)(H,25,28). The van der Waals surface area contributed by atoms with Crippen LogP contribution in [-0.4, -0.2) is 53.9 Å². The minimum Gasteiger partial charge on any atom is -0.322 e. The molecule has 2 saturated carbocycles. The smallest absolute Gasteiger partial charge is 0.322 e. The van der Waals surface area contributed by atoms with Crippen molar-refractivity contribution in [1.29, 1.82) is 0 Å². The van der Waals surface area contributed by atoms with E-state index in [1.807, 2.05) is 12.1 Å². The van der Waals surface area contributed by atoms with Gasteiger partial charge in [-0.15, -0.1) is 10.2 Å². The number of carbonyl (C=O) groups is 3. The van der Waals surface area contributed by atoms with E-state index in [9.17, 15) is 14.4 Å². The first-order valence-electron chi connectivity index (χ1n) is 10.5. The van der Waals surface area contributed by atoms with Crippen LogP contribution in [0.2, 0.25) is 0 Å². The fourth-order valence-electron chi connectivity index (χ4n) is 4.24. The molecule has 2 aromatic heterocycles. The Morgan fingerprint density at radius 2 is 1.90 bits per heavy atom. The summed E-state index contributed by atoms with van der Waals surface area (Å²) in [6.07, 6.45) is 9.55. The molecule has 1 aliphatic heterocycles. The molecule has 1 saturated heterocycles. The van der Waals surface area contributed by atoms with E-state index < -0.39 is 17.5 Å². The molecule has 31 heavy (non-hydrogen) atoms. The zero-order valence-electron chi connectivity index (χ0n) is 16.9. The van der Waals surface area contributed by atoms with Gasteiger partial charge in [-0.1, -0.05) is 31.0 Å². The molecule has 0 aromatic carbocycles. The zero-order chi connectivity index (χ0) is 21.4. The molecule has 2 aliphatic carbocycles. The second-order valence-corrected chi connectivity index (χ2v) is 9.12. The van der Waals surface area contributed by atoms with Crippen molar-refractivity contribution in [3.05, 3.63) is 24.5 Å². The summed E-state index contributed by atoms with van der Waals surface area (Å²) < 4.78 is 2.05. The normalized spacial score (nSPS) is 20.2. The summed E-state index contributed by atoms with van der Waals surface area (Å²) in [5.74, 6) is -0.0272. The molecule has 0 unspecified atom stereocenters. The molecular formula is C20H23N7O3S. The Kier molecular flexibility index (Phi) is 5.12. The highest BCUT2D eigenvalue weighted by molar-refractivity contribution is 7.99. The van der Waals surface area contributed by atoms with Crippen LogP contribution in [0.5, 0.6) is 0 Å². The Hall–Kier alpha value is -2.95. The topological polar surface area (TPSA) is 122 Å². The van der Waals surface area contributed by atoms with Gasteiger partial charge in [-0.3, -0.25) is 24.6 Å². The molecule has 0 radical (unpaired) electrons. The maximum Gasteiger partial charge on any atom is 0.344 e. The van der Waals surface area contributed by atoms with Crippen molar-refractivity contribution >= 4 is 29.6 Å². The van der Waals surface area contributed by atoms with Gasteiger partial charge in [0.05, 0.1) is 5.75 Å². The summed E-state index contributed by atoms with van der Waals surface area (Å²) in [5, 5.41) is 12.9. The summed E-state index contributed by atoms with van der Waals surface area (Å²) in [6.45, 7) is 0. The molecule has 11 heteroatoms. The number of carbonyl (C=O) groups excluding carboxylic acids is 3. The van der Waals surface area contributed by atoms with Crippen molar-refractivity contribution in [3.63, 3.8) is 0 Å². The predicted octanol–water partition coefficient (Wildman–Crippen LogP) is 2.05. The lowest BCUT2D eigenvalue weighted by molar-refractivity contribution is -0.139. The Balaban J connectivity index is 1.25. The number of aromatic nitrogens is 4. The van der Waals surface area contributed by atoms with Crippen LogP contribution in [-0.2, 0) is 9.59 Å². The summed E-state index contributed by atoms with van der Waals surface area (Å²) in [5.41, 5.74) is 2.53. The van der Waals surface area contributed by atoms with Crippen molar-refractivity contribution in [3.8, 4) is 11.4 Å². The van der Waals surface area contributed by atoms with Crippen molar-refractivity contribution in [1.82, 2.24) is 35.5 Å². The number of thioether (sulfide) groups is 1. The molecule has 2 N–H and O–H groups in total. The maximum atomic E-state index is 12.8. The third kappa shape index (κ3) is 3.78. The lowest BCUT2D eigenvalue weighted by Gasteiger charge is -2.30. The van der Waals surface area contributed by atoms with Crippen LogP contribution in [0.4, 0.5) is 4.79 Å². The number of amides is 4. The molecule has 2 aromatic rings. The van der Waals surface area contributed by atoms with E-state index in [0.717, 1.165) is 48.5 Å². The second kappa shape index (κ2) is 7.95. The van der Waals surface area contributed by atoms with E-state index in [2.05, 4.69) is 30.5 Å². The van der Waals surface area contributed by atoms with Crippen molar-refractivity contribution < 1.29 is 14.4 Å². The third-order valence-electron chi connectivity index (χ3n) is 5.95. The molecule has 10 nitrogen and oxygen atoms in total. The zero-order valence-corrected chi connectivity index (χ0v) is 17.7. The van der Waals surface area contributed by atoms with Crippen LogP contribution >= 0.6 is 11.8 Å². The number of hydrazine groups is 1. The van der Waals surface area contributed by atoms with Gasteiger partial charge in [0.1, 0.15) is 5.54 Å². The van der Waals surface area contributed by atoms with Gasteiger partial charge in [-0.2, -0.15) is 5.01 Å². The fraction of sp³-hybridized carbons (Fsp3) is 0.500. The number of imide groups is 1. The first-order chi connectivity index (χ1) is 15.1. The lowest BCUT2D eigenvalue weighted by atomic mass is 9.82. The quantitative estimate of drug-likeness (QED) is 0.520. The van der Waals surface area contributed by atoms with Crippen LogP contribution in [0.15, 0.2) is 29.7 Å². The molecule has 1 spiro atoms. The molecule has 0 bridgehead atoms. The van der Waals surface area contributed by atoms with E-state index in [1.54, 1.807) is 12.4 Å². The number of hydrogen-bond donors (Lipinski definition) is 2. The number of rotatable bonds is 6. The molecule has 162 valence electrons. The van der Waals surface area contributed by atoms with Gasteiger partial charge in [-0.25, -0.2) is 4.79 Å². The summed E-state index contributed by atoms with van der Waals surface area (Å²) in [6, 6.07) is 3.51. The highest BCUT2D eigenvalue weighted by Gasteiger charge is 2.52. The maximum absolute atomic E-state index is 12.8. The third-order valence-corrected chi connectivity index (χ3v) is 6.90. The molecule has 4 amide bonds. The fourth-order valence-corrected chi connectivity index (χ4v) is 5.04. The largest absolute Gasteiger partial charge is 0.344 e. The summed E-state index contributed by atoms with van der Waals surface area (Å²) in [4.78, 5) is 41.7. The van der Waals surface area contributed by atoms with Gasteiger partial charge >= 0.3 is 6.03 Å². The van der Waals surface area contributed by atoms with E-state index >= 15 is 0 Å². The average molecular weight is 442 g/mol. The summed E-state index contributed by atoms with van der Waals surface area (Å²) >= 11 is 1.24. The van der Waals surface area contributed by atoms with Crippen LogP contribution < -0.4 is 10.7 Å². The first kappa shape index (κ1) is 20.0. The number of urea groups is 1. The van der Waals surface area contributed by atoms with Gasteiger partial charge in [0.2, 0.25) is 5.91 Å². The second-order valence-electron chi connectivity index (χ2n) is 8.18. The number of nitrogens with one attached hydrogen (secondary N) is 2. The van der Waals surface area contributed by atoms with Gasteiger partial charge in [0.25, 0.3) is 5.91 Å². The van der Waals surface area contributed by atoms with Gasteiger partial charge in [0, 0.05) is 24.0 Å². The highest BCUT2D eigenvalue weighted by atomic mass is 32.2. The lowest BCUT2D eigenvalue weighted by Crippen LogP contribution is -2.51. The average Bonchev–Trinajstić information content (AvgIpc) is 3.50. The van der Waals surface area contributed by atoms with Gasteiger partial charge in [0.15, 0.2) is 11.0 Å². The summed E-state index contributed by atoms with van der Waals surface area (Å²) in [7, 11) is 0. The Bertz CT molecular complexity index is 1020. The van der Waals surface area contributed by atoms with E-state index in [0.29, 0.717) is 24.0 Å². The molecular weight excluding hydrogens is 418 g/mol. The van der Waals surface area contributed by atoms with Crippen LogP contribution in [0.25, 0.3) is 11.4 Å². The van der Waals surface area contributed by atoms with Crippen LogP contribution in [0.1, 0.15) is 51.0 Å². The van der Waals surface area contributed by atoms with E-state index in [-0.39, 0.29) is 11.7 Å². The van der Waals surface area contributed by atoms with Crippen molar-refractivity contribution in [2.45, 2.75) is 61.7 Å². The molecule has 3 aliphatic rings. The number of hydrogen-bond acceptors (Lipinski definition) is 7. The molecule has 5 rings (SSSR count). The minimum atomic E-state index is -0.860. The van der Waals surface area contributed by atoms with Crippen LogP contribution in [0, 0.1) is 0 Å². The molecule has 3 heterocycles.